The highest BCUT2D eigenvalue weighted by Gasteiger charge is 2.18. The molecule has 0 fully saturated rings. The van der Waals surface area contributed by atoms with E-state index in [4.69, 9.17) is 15.0 Å². The second-order valence-corrected chi connectivity index (χ2v) is 5.76. The van der Waals surface area contributed by atoms with Crippen LogP contribution in [0.4, 0.5) is 10.2 Å². The summed E-state index contributed by atoms with van der Waals surface area (Å²) in [5.41, 5.74) is 7.79. The lowest BCUT2D eigenvalue weighted by Crippen LogP contribution is -2.04. The fraction of sp³-hybridized carbons (Fsp3) is 0.111. The van der Waals surface area contributed by atoms with Crippen molar-refractivity contribution in [1.29, 1.82) is 0 Å². The van der Waals surface area contributed by atoms with E-state index in [9.17, 15) is 4.39 Å². The molecular formula is C18H15FN6O2. The number of hydrogen-bond donors (Lipinski definition) is 1. The van der Waals surface area contributed by atoms with Crippen molar-refractivity contribution in [2.24, 2.45) is 7.05 Å². The van der Waals surface area contributed by atoms with E-state index in [2.05, 4.69) is 20.2 Å². The van der Waals surface area contributed by atoms with Crippen LogP contribution in [0.25, 0.3) is 22.8 Å². The predicted octanol–water partition coefficient (Wildman–Crippen LogP) is 2.83. The molecular weight excluding hydrogens is 351 g/mol. The van der Waals surface area contributed by atoms with Gasteiger partial charge in [0.25, 0.3) is 5.89 Å². The number of aryl methyl sites for hydroxylation is 1. The second-order valence-electron chi connectivity index (χ2n) is 5.76. The number of ether oxygens (including phenoxy) is 1. The Bertz CT molecular complexity index is 1070. The molecule has 0 amide bonds. The molecule has 0 aliphatic rings. The molecule has 3 heterocycles. The minimum absolute atomic E-state index is 0.206. The van der Waals surface area contributed by atoms with Crippen molar-refractivity contribution in [3.63, 3.8) is 0 Å². The van der Waals surface area contributed by atoms with Crippen LogP contribution in [0.3, 0.4) is 0 Å². The molecule has 4 aromatic rings. The quantitative estimate of drug-likeness (QED) is 0.579. The first kappa shape index (κ1) is 16.7. The third-order valence-corrected chi connectivity index (χ3v) is 3.95. The van der Waals surface area contributed by atoms with Gasteiger partial charge in [0.05, 0.1) is 17.5 Å². The number of anilines is 1. The molecule has 0 bridgehead atoms. The highest BCUT2D eigenvalue weighted by molar-refractivity contribution is 5.62. The number of nitrogens with zero attached hydrogens (tertiary/aromatic N) is 5. The van der Waals surface area contributed by atoms with Crippen molar-refractivity contribution in [3.8, 4) is 28.6 Å². The van der Waals surface area contributed by atoms with Crippen LogP contribution in [-0.2, 0) is 13.7 Å². The summed E-state index contributed by atoms with van der Waals surface area (Å²) < 4.78 is 25.8. The van der Waals surface area contributed by atoms with Crippen molar-refractivity contribution in [2.45, 2.75) is 6.61 Å². The topological polar surface area (TPSA) is 105 Å². The Morgan fingerprint density at radius 3 is 2.81 bits per heavy atom. The van der Waals surface area contributed by atoms with E-state index >= 15 is 0 Å². The zero-order valence-corrected chi connectivity index (χ0v) is 14.3. The average molecular weight is 366 g/mol. The van der Waals surface area contributed by atoms with E-state index in [1.54, 1.807) is 48.4 Å². The molecule has 8 nitrogen and oxygen atoms in total. The first-order valence-corrected chi connectivity index (χ1v) is 8.05. The molecule has 136 valence electrons. The fourth-order valence-corrected chi connectivity index (χ4v) is 2.53. The molecule has 0 saturated heterocycles. The Hall–Kier alpha value is -3.75. The lowest BCUT2D eigenvalue weighted by molar-refractivity contribution is 0.294. The Morgan fingerprint density at radius 2 is 2.04 bits per heavy atom. The third kappa shape index (κ3) is 3.47. The molecule has 1 aromatic carbocycles. The molecule has 3 aromatic heterocycles. The number of nitrogen functional groups attached to an aromatic ring is 1. The van der Waals surface area contributed by atoms with Crippen molar-refractivity contribution in [3.05, 3.63) is 60.3 Å². The molecule has 0 atom stereocenters. The Labute approximate surface area is 153 Å². The van der Waals surface area contributed by atoms with Gasteiger partial charge in [-0.3, -0.25) is 4.68 Å². The zero-order valence-electron chi connectivity index (χ0n) is 14.3. The van der Waals surface area contributed by atoms with Gasteiger partial charge in [0.1, 0.15) is 24.0 Å². The van der Waals surface area contributed by atoms with Crippen LogP contribution in [0.1, 0.15) is 5.69 Å². The van der Waals surface area contributed by atoms with Crippen molar-refractivity contribution in [2.75, 3.05) is 5.73 Å². The summed E-state index contributed by atoms with van der Waals surface area (Å²) in [6, 6.07) is 9.20. The van der Waals surface area contributed by atoms with E-state index in [0.29, 0.717) is 34.4 Å². The van der Waals surface area contributed by atoms with Gasteiger partial charge in [-0.25, -0.2) is 9.37 Å². The summed E-state index contributed by atoms with van der Waals surface area (Å²) in [4.78, 5) is 8.36. The molecule has 4 rings (SSSR count). The van der Waals surface area contributed by atoms with Crippen LogP contribution >= 0.6 is 0 Å². The Balaban J connectivity index is 1.59. The number of pyridine rings is 1. The maximum absolute atomic E-state index is 13.0. The molecule has 0 saturated carbocycles. The first-order chi connectivity index (χ1) is 13.1. The Morgan fingerprint density at radius 1 is 1.22 bits per heavy atom. The van der Waals surface area contributed by atoms with Gasteiger partial charge in [0, 0.05) is 18.8 Å². The van der Waals surface area contributed by atoms with Crippen LogP contribution in [-0.4, -0.2) is 24.9 Å². The summed E-state index contributed by atoms with van der Waals surface area (Å²) in [5.74, 6) is 1.30. The maximum atomic E-state index is 13.0. The summed E-state index contributed by atoms with van der Waals surface area (Å²) >= 11 is 0. The largest absolute Gasteiger partial charge is 0.487 e. The highest BCUT2D eigenvalue weighted by Crippen LogP contribution is 2.26. The van der Waals surface area contributed by atoms with Gasteiger partial charge in [-0.2, -0.15) is 10.1 Å². The van der Waals surface area contributed by atoms with Crippen LogP contribution in [0.5, 0.6) is 5.75 Å². The predicted molar refractivity (Wildman–Crippen MR) is 94.9 cm³/mol. The average Bonchev–Trinajstić information content (AvgIpc) is 3.28. The lowest BCUT2D eigenvalue weighted by Gasteiger charge is -2.07. The monoisotopic (exact) mass is 366 g/mol. The summed E-state index contributed by atoms with van der Waals surface area (Å²) in [6.07, 6.45) is 3.20. The summed E-state index contributed by atoms with van der Waals surface area (Å²) in [7, 11) is 1.79. The smallest absolute Gasteiger partial charge is 0.261 e. The van der Waals surface area contributed by atoms with Gasteiger partial charge in [-0.05, 0) is 36.4 Å². The van der Waals surface area contributed by atoms with Crippen LogP contribution in [0, 0.1) is 5.82 Å². The third-order valence-electron chi connectivity index (χ3n) is 3.95. The molecule has 27 heavy (non-hydrogen) atoms. The summed E-state index contributed by atoms with van der Waals surface area (Å²) in [5, 5.41) is 8.23. The van der Waals surface area contributed by atoms with Crippen molar-refractivity contribution < 1.29 is 13.7 Å². The number of rotatable bonds is 5. The Kier molecular flexibility index (Phi) is 4.25. The van der Waals surface area contributed by atoms with E-state index in [-0.39, 0.29) is 12.4 Å². The minimum atomic E-state index is -0.321. The number of benzene rings is 1. The number of halogens is 1. The molecule has 0 aliphatic carbocycles. The van der Waals surface area contributed by atoms with Crippen LogP contribution < -0.4 is 10.5 Å². The normalized spacial score (nSPS) is 10.9. The molecule has 0 spiro atoms. The van der Waals surface area contributed by atoms with E-state index in [0.717, 1.165) is 5.69 Å². The maximum Gasteiger partial charge on any atom is 0.261 e. The lowest BCUT2D eigenvalue weighted by atomic mass is 10.2. The fourth-order valence-electron chi connectivity index (χ4n) is 2.53. The zero-order chi connectivity index (χ0) is 18.8. The molecule has 0 radical (unpaired) electrons. The van der Waals surface area contributed by atoms with Crippen LogP contribution in [0.2, 0.25) is 0 Å². The van der Waals surface area contributed by atoms with Crippen molar-refractivity contribution >= 4 is 5.82 Å². The van der Waals surface area contributed by atoms with Gasteiger partial charge >= 0.3 is 0 Å². The number of aromatic nitrogens is 5. The SMILES string of the molecule is Cn1ncc(-c2nc(-c3ccnc(N)c3)no2)c1COc1ccc(F)cc1. The molecule has 0 unspecified atom stereocenters. The van der Waals surface area contributed by atoms with E-state index in [1.165, 1.54) is 12.1 Å². The summed E-state index contributed by atoms with van der Waals surface area (Å²) in [6.45, 7) is 0.206. The van der Waals surface area contributed by atoms with Gasteiger partial charge in [0.15, 0.2) is 0 Å². The van der Waals surface area contributed by atoms with Gasteiger partial charge in [0.2, 0.25) is 5.82 Å². The molecule has 2 N–H and O–H groups in total. The van der Waals surface area contributed by atoms with Crippen LogP contribution in [0.15, 0.2) is 53.3 Å². The second kappa shape index (κ2) is 6.87. The van der Waals surface area contributed by atoms with Gasteiger partial charge in [-0.15, -0.1) is 0 Å². The van der Waals surface area contributed by atoms with E-state index in [1.807, 2.05) is 0 Å². The molecule has 0 aliphatic heterocycles. The first-order valence-electron chi connectivity index (χ1n) is 8.05. The number of nitrogens with two attached hydrogens (primary N) is 1. The minimum Gasteiger partial charge on any atom is -0.487 e. The number of hydrogen-bond acceptors (Lipinski definition) is 7. The standard InChI is InChI=1S/C18H15FN6O2/c1-25-15(10-26-13-4-2-12(19)3-5-13)14(9-22-25)18-23-17(24-27-18)11-6-7-21-16(20)8-11/h2-9H,10H2,1H3,(H2,20,21). The van der Waals surface area contributed by atoms with Gasteiger partial charge < -0.3 is 15.0 Å². The van der Waals surface area contributed by atoms with E-state index < -0.39 is 0 Å². The van der Waals surface area contributed by atoms with Gasteiger partial charge in [-0.1, -0.05) is 5.16 Å². The van der Waals surface area contributed by atoms with Crippen molar-refractivity contribution in [1.82, 2.24) is 24.9 Å². The molecule has 9 heteroatoms. The highest BCUT2D eigenvalue weighted by atomic mass is 19.1.